The molecule has 0 aromatic heterocycles. The van der Waals surface area contributed by atoms with Crippen molar-refractivity contribution < 1.29 is 15.0 Å². The summed E-state index contributed by atoms with van der Waals surface area (Å²) in [6, 6.07) is -0.324. The van der Waals surface area contributed by atoms with Gasteiger partial charge in [0.25, 0.3) is 0 Å². The average Bonchev–Trinajstić information content (AvgIpc) is 2.28. The lowest BCUT2D eigenvalue weighted by Crippen LogP contribution is -2.54. The highest BCUT2D eigenvalue weighted by Crippen LogP contribution is 2.13. The minimum atomic E-state index is -0.833. The summed E-state index contributed by atoms with van der Waals surface area (Å²) in [5, 5.41) is 23.1. The SMILES string of the molecule is O=C1NCCCC(CO)(CO)N1. The first-order valence-electron chi connectivity index (χ1n) is 4.00. The summed E-state index contributed by atoms with van der Waals surface area (Å²) in [4.78, 5) is 11.0. The van der Waals surface area contributed by atoms with E-state index in [-0.39, 0.29) is 19.2 Å². The van der Waals surface area contributed by atoms with E-state index in [4.69, 9.17) is 10.2 Å². The van der Waals surface area contributed by atoms with Crippen molar-refractivity contribution in [2.75, 3.05) is 19.8 Å². The van der Waals surface area contributed by atoms with Gasteiger partial charge < -0.3 is 20.8 Å². The van der Waals surface area contributed by atoms with Crippen LogP contribution < -0.4 is 10.6 Å². The van der Waals surface area contributed by atoms with Gasteiger partial charge >= 0.3 is 6.03 Å². The molecule has 1 fully saturated rings. The van der Waals surface area contributed by atoms with E-state index in [2.05, 4.69) is 10.6 Å². The third-order valence-electron chi connectivity index (χ3n) is 2.10. The van der Waals surface area contributed by atoms with Crippen LogP contribution in [0.4, 0.5) is 4.79 Å². The van der Waals surface area contributed by atoms with E-state index in [1.165, 1.54) is 0 Å². The highest BCUT2D eigenvalue weighted by Gasteiger charge is 2.31. The molecule has 0 unspecified atom stereocenters. The molecule has 5 nitrogen and oxygen atoms in total. The number of carbonyl (C=O) groups is 1. The quantitative estimate of drug-likeness (QED) is 0.424. The fourth-order valence-corrected chi connectivity index (χ4v) is 1.26. The van der Waals surface area contributed by atoms with Crippen molar-refractivity contribution in [3.05, 3.63) is 0 Å². The number of urea groups is 1. The Bertz CT molecular complexity index is 168. The van der Waals surface area contributed by atoms with E-state index < -0.39 is 5.54 Å². The van der Waals surface area contributed by atoms with Crippen LogP contribution in [0.25, 0.3) is 0 Å². The first-order chi connectivity index (χ1) is 5.72. The van der Waals surface area contributed by atoms with Crippen LogP contribution in [-0.4, -0.2) is 41.5 Å². The molecule has 0 atom stereocenters. The summed E-state index contributed by atoms with van der Waals surface area (Å²) >= 11 is 0. The molecule has 1 aliphatic heterocycles. The molecule has 70 valence electrons. The van der Waals surface area contributed by atoms with Gasteiger partial charge in [0.1, 0.15) is 0 Å². The molecule has 1 rings (SSSR count). The number of aliphatic hydroxyl groups excluding tert-OH is 2. The minimum absolute atomic E-state index is 0.225. The van der Waals surface area contributed by atoms with Gasteiger partial charge in [-0.15, -0.1) is 0 Å². The molecule has 4 N–H and O–H groups in total. The van der Waals surface area contributed by atoms with Gasteiger partial charge in [0.05, 0.1) is 18.8 Å². The maximum Gasteiger partial charge on any atom is 0.315 e. The summed E-state index contributed by atoms with van der Waals surface area (Å²) in [6.07, 6.45) is 1.36. The van der Waals surface area contributed by atoms with Crippen molar-refractivity contribution in [1.82, 2.24) is 10.6 Å². The smallest absolute Gasteiger partial charge is 0.315 e. The lowest BCUT2D eigenvalue weighted by Gasteiger charge is -2.28. The number of amides is 2. The van der Waals surface area contributed by atoms with Gasteiger partial charge in [-0.2, -0.15) is 0 Å². The number of hydrogen-bond donors (Lipinski definition) is 4. The molecular weight excluding hydrogens is 160 g/mol. The van der Waals surface area contributed by atoms with Crippen LogP contribution in [0.15, 0.2) is 0 Å². The second kappa shape index (κ2) is 3.73. The summed E-state index contributed by atoms with van der Waals surface area (Å²) in [5.41, 5.74) is -0.833. The minimum Gasteiger partial charge on any atom is -0.394 e. The van der Waals surface area contributed by atoms with Crippen LogP contribution in [0.2, 0.25) is 0 Å². The van der Waals surface area contributed by atoms with Crippen molar-refractivity contribution in [2.24, 2.45) is 0 Å². The number of rotatable bonds is 2. The standard InChI is InChI=1S/C7H14N2O3/c10-4-7(5-11)2-1-3-8-6(12)9-7/h10-11H,1-5H2,(H2,8,9,12). The monoisotopic (exact) mass is 174 g/mol. The molecule has 0 radical (unpaired) electrons. The van der Waals surface area contributed by atoms with Crippen molar-refractivity contribution in [3.8, 4) is 0 Å². The fraction of sp³-hybridized carbons (Fsp3) is 0.857. The number of carbonyl (C=O) groups excluding carboxylic acids is 1. The van der Waals surface area contributed by atoms with Crippen LogP contribution >= 0.6 is 0 Å². The molecule has 1 saturated heterocycles. The maximum absolute atomic E-state index is 11.0. The largest absolute Gasteiger partial charge is 0.394 e. The average molecular weight is 174 g/mol. The van der Waals surface area contributed by atoms with E-state index in [1.54, 1.807) is 0 Å². The molecule has 1 aliphatic rings. The Morgan fingerprint density at radius 1 is 1.42 bits per heavy atom. The zero-order valence-electron chi connectivity index (χ0n) is 6.84. The Kier molecular flexibility index (Phi) is 2.88. The molecule has 0 aliphatic carbocycles. The zero-order chi connectivity index (χ0) is 9.03. The molecule has 0 saturated carbocycles. The molecule has 12 heavy (non-hydrogen) atoms. The summed E-state index contributed by atoms with van der Waals surface area (Å²) < 4.78 is 0. The first-order valence-corrected chi connectivity index (χ1v) is 4.00. The normalized spacial score (nSPS) is 22.3. The third-order valence-corrected chi connectivity index (χ3v) is 2.10. The second-order valence-electron chi connectivity index (χ2n) is 3.08. The van der Waals surface area contributed by atoms with Gasteiger partial charge in [-0.1, -0.05) is 0 Å². The predicted molar refractivity (Wildman–Crippen MR) is 42.7 cm³/mol. The van der Waals surface area contributed by atoms with Crippen LogP contribution in [0.5, 0.6) is 0 Å². The maximum atomic E-state index is 11.0. The third kappa shape index (κ3) is 1.86. The van der Waals surface area contributed by atoms with Gasteiger partial charge in [0.2, 0.25) is 0 Å². The van der Waals surface area contributed by atoms with Crippen molar-refractivity contribution >= 4 is 6.03 Å². The molecule has 0 aromatic rings. The van der Waals surface area contributed by atoms with E-state index in [1.807, 2.05) is 0 Å². The Morgan fingerprint density at radius 2 is 2.08 bits per heavy atom. The van der Waals surface area contributed by atoms with Crippen LogP contribution in [-0.2, 0) is 0 Å². The van der Waals surface area contributed by atoms with Gasteiger partial charge in [-0.05, 0) is 12.8 Å². The molecule has 0 aromatic carbocycles. The van der Waals surface area contributed by atoms with Crippen LogP contribution in [0.1, 0.15) is 12.8 Å². The Morgan fingerprint density at radius 3 is 2.67 bits per heavy atom. The second-order valence-corrected chi connectivity index (χ2v) is 3.08. The van der Waals surface area contributed by atoms with Crippen molar-refractivity contribution in [1.29, 1.82) is 0 Å². The van der Waals surface area contributed by atoms with Crippen molar-refractivity contribution in [2.45, 2.75) is 18.4 Å². The number of hydrogen-bond acceptors (Lipinski definition) is 3. The molecule has 2 amide bonds. The highest BCUT2D eigenvalue weighted by molar-refractivity contribution is 5.75. The lowest BCUT2D eigenvalue weighted by atomic mass is 9.96. The highest BCUT2D eigenvalue weighted by atomic mass is 16.3. The summed E-state index contributed by atoms with van der Waals surface area (Å²) in [6.45, 7) is 0.140. The zero-order valence-corrected chi connectivity index (χ0v) is 6.84. The Labute approximate surface area is 70.8 Å². The Balaban J connectivity index is 2.65. The van der Waals surface area contributed by atoms with Crippen LogP contribution in [0, 0.1) is 0 Å². The lowest BCUT2D eigenvalue weighted by molar-refractivity contribution is 0.0934. The van der Waals surface area contributed by atoms with Crippen LogP contribution in [0.3, 0.4) is 0 Å². The summed E-state index contributed by atoms with van der Waals surface area (Å²) in [7, 11) is 0. The molecule has 0 spiro atoms. The van der Waals surface area contributed by atoms with E-state index in [0.29, 0.717) is 13.0 Å². The van der Waals surface area contributed by atoms with Gasteiger partial charge in [-0.25, -0.2) is 4.79 Å². The molecular formula is C7H14N2O3. The fourth-order valence-electron chi connectivity index (χ4n) is 1.26. The van der Waals surface area contributed by atoms with Gasteiger partial charge in [-0.3, -0.25) is 0 Å². The van der Waals surface area contributed by atoms with Crippen molar-refractivity contribution in [3.63, 3.8) is 0 Å². The molecule has 0 bridgehead atoms. The molecule has 1 heterocycles. The topological polar surface area (TPSA) is 81.6 Å². The number of aliphatic hydroxyl groups is 2. The first kappa shape index (κ1) is 9.28. The summed E-state index contributed by atoms with van der Waals surface area (Å²) in [5.74, 6) is 0. The molecule has 5 heteroatoms. The Hall–Kier alpha value is -0.810. The van der Waals surface area contributed by atoms with E-state index in [9.17, 15) is 4.79 Å². The predicted octanol–water partition coefficient (Wildman–Crippen LogP) is -1.20. The van der Waals surface area contributed by atoms with E-state index in [0.717, 1.165) is 6.42 Å². The van der Waals surface area contributed by atoms with Gasteiger partial charge in [0.15, 0.2) is 0 Å². The number of nitrogens with one attached hydrogen (secondary N) is 2. The van der Waals surface area contributed by atoms with Gasteiger partial charge in [0, 0.05) is 6.54 Å². The van der Waals surface area contributed by atoms with E-state index >= 15 is 0 Å².